The Bertz CT molecular complexity index is 488. The summed E-state index contributed by atoms with van der Waals surface area (Å²) in [7, 11) is 0. The lowest BCUT2D eigenvalue weighted by Crippen LogP contribution is -2.47. The molecule has 1 aromatic rings. The molecule has 5 nitrogen and oxygen atoms in total. The molecule has 0 bridgehead atoms. The molecule has 0 spiro atoms. The summed E-state index contributed by atoms with van der Waals surface area (Å²) in [6.07, 6.45) is 5.91. The van der Waals surface area contributed by atoms with E-state index in [-0.39, 0.29) is 12.1 Å². The van der Waals surface area contributed by atoms with Crippen LogP contribution in [0.2, 0.25) is 0 Å². The molecule has 2 fully saturated rings. The molecular formula is C18H29N3O2S. The second kappa shape index (κ2) is 9.39. The van der Waals surface area contributed by atoms with Crippen LogP contribution >= 0.6 is 11.3 Å². The molecular weight excluding hydrogens is 322 g/mol. The predicted octanol–water partition coefficient (Wildman–Crippen LogP) is 2.58. The van der Waals surface area contributed by atoms with Crippen molar-refractivity contribution in [2.75, 3.05) is 45.9 Å². The van der Waals surface area contributed by atoms with Gasteiger partial charge in [0, 0.05) is 37.7 Å². The predicted molar refractivity (Wildman–Crippen MR) is 97.6 cm³/mol. The highest BCUT2D eigenvalue weighted by Crippen LogP contribution is 2.13. The Morgan fingerprint density at radius 2 is 2.12 bits per heavy atom. The van der Waals surface area contributed by atoms with Crippen molar-refractivity contribution in [3.05, 3.63) is 22.4 Å². The fourth-order valence-electron chi connectivity index (χ4n) is 3.48. The minimum atomic E-state index is 0.0562. The van der Waals surface area contributed by atoms with E-state index in [2.05, 4.69) is 27.7 Å². The standard InChI is InChI=1S/C18H29N3O2S/c22-18(19-8-7-17-6-4-13-24-17)21-11-5-12-23-16(15-21)14-20-9-2-1-3-10-20/h4,6,13,16H,1-3,5,7-12,14-15H2,(H,19,22)/t16-/m1/s1. The first-order chi connectivity index (χ1) is 11.8. The molecule has 3 heterocycles. The topological polar surface area (TPSA) is 44.8 Å². The average molecular weight is 352 g/mol. The van der Waals surface area contributed by atoms with Crippen molar-refractivity contribution in [3.63, 3.8) is 0 Å². The van der Waals surface area contributed by atoms with Crippen molar-refractivity contribution in [3.8, 4) is 0 Å². The van der Waals surface area contributed by atoms with Crippen molar-refractivity contribution in [1.82, 2.24) is 15.1 Å². The first kappa shape index (κ1) is 17.7. The SMILES string of the molecule is O=C(NCCc1cccs1)N1CCCO[C@H](CN2CCCCC2)C1. The van der Waals surface area contributed by atoms with E-state index in [0.29, 0.717) is 13.1 Å². The zero-order chi connectivity index (χ0) is 16.6. The summed E-state index contributed by atoms with van der Waals surface area (Å²) in [5, 5.41) is 5.14. The quantitative estimate of drug-likeness (QED) is 0.887. The summed E-state index contributed by atoms with van der Waals surface area (Å²) in [5.74, 6) is 0. The Morgan fingerprint density at radius 3 is 2.92 bits per heavy atom. The van der Waals surface area contributed by atoms with Crippen molar-refractivity contribution < 1.29 is 9.53 Å². The van der Waals surface area contributed by atoms with Gasteiger partial charge in [-0.1, -0.05) is 12.5 Å². The Balaban J connectivity index is 1.43. The van der Waals surface area contributed by atoms with E-state index in [4.69, 9.17) is 4.74 Å². The maximum Gasteiger partial charge on any atom is 0.317 e. The van der Waals surface area contributed by atoms with Crippen LogP contribution in [0.1, 0.15) is 30.6 Å². The Hall–Kier alpha value is -1.11. The van der Waals surface area contributed by atoms with Gasteiger partial charge in [0.05, 0.1) is 6.10 Å². The summed E-state index contributed by atoms with van der Waals surface area (Å²) in [4.78, 5) is 18.2. The molecule has 0 saturated carbocycles. The average Bonchev–Trinajstić information content (AvgIpc) is 3.01. The molecule has 2 aliphatic rings. The van der Waals surface area contributed by atoms with E-state index in [9.17, 15) is 4.79 Å². The van der Waals surface area contributed by atoms with Gasteiger partial charge in [0.1, 0.15) is 0 Å². The number of urea groups is 1. The number of hydrogen-bond donors (Lipinski definition) is 1. The lowest BCUT2D eigenvalue weighted by Gasteiger charge is -2.31. The summed E-state index contributed by atoms with van der Waals surface area (Å²) in [6.45, 7) is 6.27. The highest BCUT2D eigenvalue weighted by atomic mass is 32.1. The van der Waals surface area contributed by atoms with Gasteiger partial charge < -0.3 is 19.9 Å². The maximum absolute atomic E-state index is 12.5. The van der Waals surface area contributed by atoms with Gasteiger partial charge in [-0.2, -0.15) is 0 Å². The van der Waals surface area contributed by atoms with Crippen molar-refractivity contribution >= 4 is 17.4 Å². The summed E-state index contributed by atoms with van der Waals surface area (Å²) in [6, 6.07) is 4.23. The number of hydrogen-bond acceptors (Lipinski definition) is 4. The zero-order valence-corrected chi connectivity index (χ0v) is 15.2. The second-order valence-corrected chi connectivity index (χ2v) is 7.75. The van der Waals surface area contributed by atoms with E-state index < -0.39 is 0 Å². The van der Waals surface area contributed by atoms with Gasteiger partial charge in [0.2, 0.25) is 0 Å². The van der Waals surface area contributed by atoms with Gasteiger partial charge in [-0.3, -0.25) is 0 Å². The van der Waals surface area contributed by atoms with E-state index in [1.807, 2.05) is 4.90 Å². The smallest absolute Gasteiger partial charge is 0.317 e. The van der Waals surface area contributed by atoms with E-state index in [0.717, 1.165) is 32.5 Å². The molecule has 1 aromatic heterocycles. The lowest BCUT2D eigenvalue weighted by atomic mass is 10.1. The van der Waals surface area contributed by atoms with Crippen LogP contribution in [0.4, 0.5) is 4.79 Å². The van der Waals surface area contributed by atoms with E-state index >= 15 is 0 Å². The molecule has 0 aromatic carbocycles. The Kier molecular flexibility index (Phi) is 6.93. The van der Waals surface area contributed by atoms with E-state index in [1.54, 1.807) is 11.3 Å². The third-order valence-corrected chi connectivity index (χ3v) is 5.71. The molecule has 2 amide bonds. The minimum Gasteiger partial charge on any atom is -0.375 e. The number of nitrogens with zero attached hydrogens (tertiary/aromatic N) is 2. The first-order valence-electron chi connectivity index (χ1n) is 9.20. The van der Waals surface area contributed by atoms with Crippen LogP contribution in [0.15, 0.2) is 17.5 Å². The second-order valence-electron chi connectivity index (χ2n) is 6.71. The fourth-order valence-corrected chi connectivity index (χ4v) is 4.19. The third-order valence-electron chi connectivity index (χ3n) is 4.78. The van der Waals surface area contributed by atoms with Crippen LogP contribution < -0.4 is 5.32 Å². The van der Waals surface area contributed by atoms with Crippen LogP contribution in [0.25, 0.3) is 0 Å². The number of ether oxygens (including phenoxy) is 1. The summed E-state index contributed by atoms with van der Waals surface area (Å²) < 4.78 is 5.99. The molecule has 2 saturated heterocycles. The first-order valence-corrected chi connectivity index (χ1v) is 10.1. The van der Waals surface area contributed by atoms with Gasteiger partial charge in [-0.25, -0.2) is 4.79 Å². The van der Waals surface area contributed by atoms with Crippen molar-refractivity contribution in [2.24, 2.45) is 0 Å². The Labute approximate surface area is 149 Å². The van der Waals surface area contributed by atoms with Gasteiger partial charge in [-0.15, -0.1) is 11.3 Å². The van der Waals surface area contributed by atoms with Crippen molar-refractivity contribution in [1.29, 1.82) is 0 Å². The molecule has 0 unspecified atom stereocenters. The van der Waals surface area contributed by atoms with Crippen molar-refractivity contribution in [2.45, 2.75) is 38.2 Å². The van der Waals surface area contributed by atoms with Crippen LogP contribution in [0.5, 0.6) is 0 Å². The lowest BCUT2D eigenvalue weighted by molar-refractivity contribution is 0.0256. The van der Waals surface area contributed by atoms with Crippen LogP contribution in [-0.4, -0.2) is 67.8 Å². The molecule has 1 atom stereocenters. The maximum atomic E-state index is 12.5. The number of thiophene rings is 1. The number of rotatable bonds is 5. The summed E-state index contributed by atoms with van der Waals surface area (Å²) in [5.41, 5.74) is 0. The van der Waals surface area contributed by atoms with Crippen LogP contribution in [0, 0.1) is 0 Å². The monoisotopic (exact) mass is 351 g/mol. The van der Waals surface area contributed by atoms with Gasteiger partial charge >= 0.3 is 6.03 Å². The van der Waals surface area contributed by atoms with Crippen LogP contribution in [0.3, 0.4) is 0 Å². The molecule has 6 heteroatoms. The normalized spacial score (nSPS) is 23.0. The molecule has 24 heavy (non-hydrogen) atoms. The van der Waals surface area contributed by atoms with Crippen LogP contribution in [-0.2, 0) is 11.2 Å². The largest absolute Gasteiger partial charge is 0.375 e. The minimum absolute atomic E-state index is 0.0562. The number of carbonyl (C=O) groups is 1. The number of amides is 2. The molecule has 0 aliphatic carbocycles. The Morgan fingerprint density at radius 1 is 1.25 bits per heavy atom. The number of carbonyl (C=O) groups excluding carboxylic acids is 1. The molecule has 3 rings (SSSR count). The number of likely N-dealkylation sites (tertiary alicyclic amines) is 1. The van der Waals surface area contributed by atoms with Gasteiger partial charge in [-0.05, 0) is 50.2 Å². The van der Waals surface area contributed by atoms with Gasteiger partial charge in [0.25, 0.3) is 0 Å². The molecule has 0 radical (unpaired) electrons. The van der Waals surface area contributed by atoms with E-state index in [1.165, 1.54) is 37.2 Å². The molecule has 2 aliphatic heterocycles. The summed E-state index contributed by atoms with van der Waals surface area (Å²) >= 11 is 1.74. The number of piperidine rings is 1. The highest BCUT2D eigenvalue weighted by molar-refractivity contribution is 7.09. The number of nitrogens with one attached hydrogen (secondary N) is 1. The molecule has 134 valence electrons. The molecule has 1 N–H and O–H groups in total. The van der Waals surface area contributed by atoms with Gasteiger partial charge in [0.15, 0.2) is 0 Å². The zero-order valence-electron chi connectivity index (χ0n) is 14.4. The third kappa shape index (κ3) is 5.46. The fraction of sp³-hybridized carbons (Fsp3) is 0.722. The highest BCUT2D eigenvalue weighted by Gasteiger charge is 2.24.